The maximum atomic E-state index is 12.1. The lowest BCUT2D eigenvalue weighted by molar-refractivity contribution is -0.121. The molecule has 0 aliphatic carbocycles. The molecule has 2 rings (SSSR count). The van der Waals surface area contributed by atoms with Crippen molar-refractivity contribution in [1.82, 2.24) is 24.6 Å². The summed E-state index contributed by atoms with van der Waals surface area (Å²) in [5.41, 5.74) is 0.272. The number of amides is 1. The zero-order valence-corrected chi connectivity index (χ0v) is 12.0. The second kappa shape index (κ2) is 5.85. The van der Waals surface area contributed by atoms with Gasteiger partial charge in [-0.3, -0.25) is 18.8 Å². The summed E-state index contributed by atoms with van der Waals surface area (Å²) in [6, 6.07) is 0. The first-order valence-corrected chi connectivity index (χ1v) is 6.63. The van der Waals surface area contributed by atoms with Crippen molar-refractivity contribution in [3.63, 3.8) is 0 Å². The van der Waals surface area contributed by atoms with E-state index >= 15 is 0 Å². The second-order valence-electron chi connectivity index (χ2n) is 5.22. The fourth-order valence-corrected chi connectivity index (χ4v) is 1.89. The molecule has 7 heteroatoms. The molecule has 0 atom stereocenters. The number of aryl methyl sites for hydroxylation is 1. The van der Waals surface area contributed by atoms with Gasteiger partial charge in [0.05, 0.1) is 6.20 Å². The third-order valence-electron chi connectivity index (χ3n) is 3.08. The first-order chi connectivity index (χ1) is 9.49. The number of carbonyl (C=O) groups excluding carboxylic acids is 1. The highest BCUT2D eigenvalue weighted by atomic mass is 16.2. The molecule has 0 saturated heterocycles. The normalized spacial score (nSPS) is 11.2. The lowest BCUT2D eigenvalue weighted by Crippen LogP contribution is -2.33. The van der Waals surface area contributed by atoms with E-state index in [9.17, 15) is 9.59 Å². The number of nitrogens with zero attached hydrogens (tertiary/aromatic N) is 4. The summed E-state index contributed by atoms with van der Waals surface area (Å²) >= 11 is 0. The molecule has 0 unspecified atom stereocenters. The fourth-order valence-electron chi connectivity index (χ4n) is 1.89. The Hall–Kier alpha value is -2.18. The van der Waals surface area contributed by atoms with Crippen LogP contribution in [0.25, 0.3) is 11.0 Å². The van der Waals surface area contributed by atoms with Crippen molar-refractivity contribution in [2.45, 2.75) is 26.8 Å². The number of nitrogens with one attached hydrogen (secondary N) is 1. The van der Waals surface area contributed by atoms with E-state index in [1.807, 2.05) is 0 Å². The molecule has 0 saturated carbocycles. The Morgan fingerprint density at radius 1 is 1.45 bits per heavy atom. The molecule has 2 aromatic rings. The summed E-state index contributed by atoms with van der Waals surface area (Å²) in [4.78, 5) is 28.1. The van der Waals surface area contributed by atoms with E-state index in [1.54, 1.807) is 7.05 Å². The van der Waals surface area contributed by atoms with Crippen molar-refractivity contribution >= 4 is 16.9 Å². The van der Waals surface area contributed by atoms with Gasteiger partial charge in [-0.25, -0.2) is 4.98 Å². The number of aromatic nitrogens is 4. The molecule has 7 nitrogen and oxygen atoms in total. The van der Waals surface area contributed by atoms with Crippen LogP contribution in [-0.4, -0.2) is 31.8 Å². The third kappa shape index (κ3) is 3.04. The highest BCUT2D eigenvalue weighted by Gasteiger charge is 2.10. The monoisotopic (exact) mass is 277 g/mol. The van der Waals surface area contributed by atoms with Crippen molar-refractivity contribution in [2.75, 3.05) is 6.54 Å². The predicted molar refractivity (Wildman–Crippen MR) is 75.2 cm³/mol. The summed E-state index contributed by atoms with van der Waals surface area (Å²) < 4.78 is 2.83. The number of hydrogen-bond donors (Lipinski definition) is 1. The van der Waals surface area contributed by atoms with E-state index in [0.717, 1.165) is 6.42 Å². The Morgan fingerprint density at radius 2 is 2.20 bits per heavy atom. The summed E-state index contributed by atoms with van der Waals surface area (Å²) in [6.45, 7) is 4.79. The minimum absolute atomic E-state index is 0.0191. The fraction of sp³-hybridized carbons (Fsp3) is 0.538. The maximum absolute atomic E-state index is 12.1. The summed E-state index contributed by atoms with van der Waals surface area (Å²) in [7, 11) is 1.72. The smallest absolute Gasteiger partial charge is 0.264 e. The average Bonchev–Trinajstić information content (AvgIpc) is 2.75. The van der Waals surface area contributed by atoms with E-state index in [1.165, 1.54) is 21.8 Å². The Morgan fingerprint density at radius 3 is 2.90 bits per heavy atom. The maximum Gasteiger partial charge on any atom is 0.264 e. The van der Waals surface area contributed by atoms with E-state index < -0.39 is 0 Å². The van der Waals surface area contributed by atoms with Gasteiger partial charge in [-0.05, 0) is 12.3 Å². The molecule has 20 heavy (non-hydrogen) atoms. The van der Waals surface area contributed by atoms with Crippen molar-refractivity contribution in [1.29, 1.82) is 0 Å². The Balaban J connectivity index is 2.08. The van der Waals surface area contributed by atoms with Crippen LogP contribution in [0.3, 0.4) is 0 Å². The van der Waals surface area contributed by atoms with Gasteiger partial charge in [-0.15, -0.1) is 0 Å². The van der Waals surface area contributed by atoms with Crippen molar-refractivity contribution in [3.05, 3.63) is 22.9 Å². The molecular weight excluding hydrogens is 258 g/mol. The summed E-state index contributed by atoms with van der Waals surface area (Å²) in [5, 5.41) is 7.20. The van der Waals surface area contributed by atoms with Gasteiger partial charge in [0, 0.05) is 13.6 Å². The highest BCUT2D eigenvalue weighted by molar-refractivity contribution is 5.77. The Labute approximate surface area is 116 Å². The van der Waals surface area contributed by atoms with Gasteiger partial charge in [-0.2, -0.15) is 5.10 Å². The molecule has 0 radical (unpaired) electrons. The molecule has 2 aromatic heterocycles. The first kappa shape index (κ1) is 14.2. The van der Waals surface area contributed by atoms with Crippen molar-refractivity contribution in [2.24, 2.45) is 13.0 Å². The van der Waals surface area contributed by atoms with Crippen LogP contribution >= 0.6 is 0 Å². The standard InChI is InChI=1S/C13H19N5O2/c1-9(2)4-5-14-11(19)7-18-8-15-12-10(13(18)20)6-16-17(12)3/h6,8-9H,4-5,7H2,1-3H3,(H,14,19). The van der Waals surface area contributed by atoms with E-state index in [4.69, 9.17) is 0 Å². The Kier molecular flexibility index (Phi) is 4.16. The van der Waals surface area contributed by atoms with Crippen molar-refractivity contribution < 1.29 is 4.79 Å². The van der Waals surface area contributed by atoms with Crippen LogP contribution in [0.5, 0.6) is 0 Å². The lowest BCUT2D eigenvalue weighted by atomic mass is 10.1. The first-order valence-electron chi connectivity index (χ1n) is 6.63. The van der Waals surface area contributed by atoms with Crippen LogP contribution < -0.4 is 10.9 Å². The van der Waals surface area contributed by atoms with Crippen LogP contribution in [-0.2, 0) is 18.4 Å². The molecule has 0 fully saturated rings. The van der Waals surface area contributed by atoms with Crippen LogP contribution in [0, 0.1) is 5.92 Å². The zero-order valence-electron chi connectivity index (χ0n) is 12.0. The quantitative estimate of drug-likeness (QED) is 0.851. The Bertz CT molecular complexity index is 671. The largest absolute Gasteiger partial charge is 0.355 e. The van der Waals surface area contributed by atoms with Crippen LogP contribution in [0.15, 0.2) is 17.3 Å². The number of fused-ring (bicyclic) bond motifs is 1. The van der Waals surface area contributed by atoms with Crippen LogP contribution in [0.4, 0.5) is 0 Å². The molecular formula is C13H19N5O2. The minimum atomic E-state index is -0.248. The topological polar surface area (TPSA) is 81.8 Å². The molecule has 2 heterocycles. The lowest BCUT2D eigenvalue weighted by Gasteiger charge is -2.08. The SMILES string of the molecule is CC(C)CCNC(=O)Cn1cnc2c(cnn2C)c1=O. The molecule has 0 aromatic carbocycles. The number of hydrogen-bond acceptors (Lipinski definition) is 4. The molecule has 0 aliphatic rings. The summed E-state index contributed by atoms with van der Waals surface area (Å²) in [6.07, 6.45) is 3.77. The van der Waals surface area contributed by atoms with Gasteiger partial charge in [0.25, 0.3) is 5.56 Å². The predicted octanol–water partition coefficient (Wildman–Crippen LogP) is 0.292. The molecule has 1 N–H and O–H groups in total. The average molecular weight is 277 g/mol. The summed E-state index contributed by atoms with van der Waals surface area (Å²) in [5.74, 6) is 0.351. The van der Waals surface area contributed by atoms with Gasteiger partial charge < -0.3 is 5.32 Å². The highest BCUT2D eigenvalue weighted by Crippen LogP contribution is 2.02. The van der Waals surface area contributed by atoms with Gasteiger partial charge in [0.1, 0.15) is 18.3 Å². The van der Waals surface area contributed by atoms with E-state index in [-0.39, 0.29) is 18.0 Å². The van der Waals surface area contributed by atoms with Gasteiger partial charge in [0.2, 0.25) is 5.91 Å². The minimum Gasteiger partial charge on any atom is -0.355 e. The zero-order chi connectivity index (χ0) is 14.7. The molecule has 0 bridgehead atoms. The van der Waals surface area contributed by atoms with Gasteiger partial charge in [-0.1, -0.05) is 13.8 Å². The molecule has 1 amide bonds. The van der Waals surface area contributed by atoms with E-state index in [0.29, 0.717) is 23.5 Å². The van der Waals surface area contributed by atoms with Gasteiger partial charge >= 0.3 is 0 Å². The van der Waals surface area contributed by atoms with Crippen LogP contribution in [0.1, 0.15) is 20.3 Å². The van der Waals surface area contributed by atoms with Gasteiger partial charge in [0.15, 0.2) is 5.65 Å². The molecule has 108 valence electrons. The molecule has 0 aliphatic heterocycles. The molecule has 0 spiro atoms. The third-order valence-corrected chi connectivity index (χ3v) is 3.08. The van der Waals surface area contributed by atoms with Crippen molar-refractivity contribution in [3.8, 4) is 0 Å². The second-order valence-corrected chi connectivity index (χ2v) is 5.22. The number of carbonyl (C=O) groups is 1. The van der Waals surface area contributed by atoms with Crippen LogP contribution in [0.2, 0.25) is 0 Å². The number of rotatable bonds is 5. The van der Waals surface area contributed by atoms with E-state index in [2.05, 4.69) is 29.2 Å².